The summed E-state index contributed by atoms with van der Waals surface area (Å²) in [7, 11) is -4.68. The van der Waals surface area contributed by atoms with Crippen LogP contribution in [0.4, 0.5) is 8.78 Å². The van der Waals surface area contributed by atoms with Crippen LogP contribution in [0.3, 0.4) is 0 Å². The number of nitrogens with one attached hydrogen (secondary N) is 1. The fourth-order valence-electron chi connectivity index (χ4n) is 5.49. The quantitative estimate of drug-likeness (QED) is 0.250. The van der Waals surface area contributed by atoms with Gasteiger partial charge in [-0.15, -0.1) is 0 Å². The van der Waals surface area contributed by atoms with Gasteiger partial charge in [0.15, 0.2) is 5.78 Å². The first kappa shape index (κ1) is 30.8. The first-order valence-corrected chi connectivity index (χ1v) is 15.2. The normalized spacial score (nSPS) is 17.3. The molecule has 0 bridgehead atoms. The molecule has 0 unspecified atom stereocenters. The number of aromatic nitrogens is 1. The molecular formula is C28H31ClF2N3O6P. The molecule has 0 radical (unpaired) electrons. The van der Waals surface area contributed by atoms with Crippen molar-refractivity contribution in [2.45, 2.75) is 65.3 Å². The Hall–Kier alpha value is -3.11. The highest BCUT2D eigenvalue weighted by Gasteiger charge is 2.40. The fourth-order valence-corrected chi connectivity index (χ4v) is 6.30. The molecule has 2 heterocycles. The van der Waals surface area contributed by atoms with Crippen molar-refractivity contribution >= 4 is 53.0 Å². The zero-order valence-corrected chi connectivity index (χ0v) is 24.4. The topological polar surface area (TPSA) is 129 Å². The second kappa shape index (κ2) is 12.0. The first-order chi connectivity index (χ1) is 19.3. The van der Waals surface area contributed by atoms with Crippen LogP contribution < -0.4 is 10.6 Å². The van der Waals surface area contributed by atoms with Gasteiger partial charge in [0.25, 0.3) is 0 Å². The Balaban J connectivity index is 1.69. The van der Waals surface area contributed by atoms with Crippen molar-refractivity contribution in [2.75, 3.05) is 6.54 Å². The van der Waals surface area contributed by atoms with Crippen molar-refractivity contribution in [3.05, 3.63) is 63.6 Å². The van der Waals surface area contributed by atoms with E-state index in [2.05, 4.69) is 5.32 Å². The second-order valence-electron chi connectivity index (χ2n) is 10.0. The number of rotatable bonds is 9. The average Bonchev–Trinajstić information content (AvgIpc) is 3.46. The highest BCUT2D eigenvalue weighted by atomic mass is 35.5. The Morgan fingerprint density at radius 1 is 1.15 bits per heavy atom. The minimum atomic E-state index is -4.68. The molecule has 3 aromatic rings. The van der Waals surface area contributed by atoms with E-state index >= 15 is 0 Å². The maximum atomic E-state index is 14.6. The molecule has 1 aliphatic rings. The molecule has 0 spiro atoms. The van der Waals surface area contributed by atoms with Crippen LogP contribution in [0.25, 0.3) is 10.9 Å². The Labute approximate surface area is 240 Å². The molecule has 220 valence electrons. The van der Waals surface area contributed by atoms with Gasteiger partial charge in [0.05, 0.1) is 22.4 Å². The van der Waals surface area contributed by atoms with E-state index in [4.69, 9.17) is 11.6 Å². The Kier molecular flexibility index (Phi) is 9.04. The van der Waals surface area contributed by atoms with E-state index in [0.29, 0.717) is 40.6 Å². The number of amides is 2. The standard InChI is InChI=1S/C28H31ClF2N3O6P/c1-4-16-9-19(41(38,39)40)11-22-26(16)25(15(3)35)21(5-2)33(22)14-24(36)34-13-18(30)10-23(34)28(37)32-12-17-7-6-8-20(29)27(17)31/h6-9,11,18,23H,4-5,10,12-14H2,1-3H3,(H,32,37)(H2,38,39,40)/t18-,23+/m1/s1. The number of likely N-dealkylation sites (tertiary alicyclic amines) is 1. The molecular weight excluding hydrogens is 579 g/mol. The summed E-state index contributed by atoms with van der Waals surface area (Å²) >= 11 is 5.80. The molecule has 41 heavy (non-hydrogen) atoms. The molecule has 3 N–H and O–H groups in total. The molecule has 0 saturated carbocycles. The van der Waals surface area contributed by atoms with Crippen LogP contribution in [0.15, 0.2) is 30.3 Å². The third-order valence-corrected chi connectivity index (χ3v) is 8.62. The third-order valence-electron chi connectivity index (χ3n) is 7.39. The van der Waals surface area contributed by atoms with Gasteiger partial charge in [-0.05, 0) is 43.5 Å². The summed E-state index contributed by atoms with van der Waals surface area (Å²) in [5.41, 5.74) is 1.82. The number of carbonyl (C=O) groups is 3. The molecule has 1 fully saturated rings. The lowest BCUT2D eigenvalue weighted by Crippen LogP contribution is -2.46. The Morgan fingerprint density at radius 2 is 1.85 bits per heavy atom. The molecule has 2 aromatic carbocycles. The van der Waals surface area contributed by atoms with Crippen LogP contribution in [-0.2, 0) is 40.1 Å². The number of ketones is 1. The average molecular weight is 610 g/mol. The SMILES string of the molecule is CCc1cc(P(=O)(O)O)cc2c1c(C(C)=O)c(CC)n2CC(=O)N1C[C@H](F)C[C@H]1C(=O)NCc1cccc(Cl)c1F. The monoisotopic (exact) mass is 609 g/mol. The van der Waals surface area contributed by atoms with E-state index in [1.54, 1.807) is 13.8 Å². The minimum absolute atomic E-state index is 0.109. The van der Waals surface area contributed by atoms with Crippen LogP contribution in [-0.4, -0.2) is 55.6 Å². The van der Waals surface area contributed by atoms with Gasteiger partial charge in [0, 0.05) is 35.2 Å². The van der Waals surface area contributed by atoms with Gasteiger partial charge in [-0.3, -0.25) is 18.9 Å². The Morgan fingerprint density at radius 3 is 2.46 bits per heavy atom. The number of benzene rings is 2. The van der Waals surface area contributed by atoms with Crippen LogP contribution >= 0.6 is 19.2 Å². The lowest BCUT2D eigenvalue weighted by atomic mass is 10.00. The molecule has 1 aliphatic heterocycles. The minimum Gasteiger partial charge on any atom is -0.350 e. The molecule has 4 rings (SSSR count). The molecule has 13 heteroatoms. The number of alkyl halides is 1. The van der Waals surface area contributed by atoms with Crippen molar-refractivity contribution in [2.24, 2.45) is 0 Å². The van der Waals surface area contributed by atoms with E-state index in [-0.39, 0.29) is 47.7 Å². The second-order valence-corrected chi connectivity index (χ2v) is 12.1. The summed E-state index contributed by atoms with van der Waals surface area (Å²) in [4.78, 5) is 60.3. The van der Waals surface area contributed by atoms with E-state index in [0.717, 1.165) is 4.90 Å². The smallest absolute Gasteiger partial charge is 0.350 e. The van der Waals surface area contributed by atoms with Gasteiger partial charge < -0.3 is 24.6 Å². The molecule has 1 saturated heterocycles. The predicted molar refractivity (Wildman–Crippen MR) is 151 cm³/mol. The lowest BCUT2D eigenvalue weighted by Gasteiger charge is -2.25. The van der Waals surface area contributed by atoms with Gasteiger partial charge in [-0.1, -0.05) is 37.6 Å². The fraction of sp³-hybridized carbons (Fsp3) is 0.393. The van der Waals surface area contributed by atoms with Crippen LogP contribution in [0.1, 0.15) is 54.4 Å². The van der Waals surface area contributed by atoms with E-state index in [1.807, 2.05) is 0 Å². The number of halogens is 3. The summed E-state index contributed by atoms with van der Waals surface area (Å²) < 4.78 is 42.5. The zero-order chi connectivity index (χ0) is 30.2. The summed E-state index contributed by atoms with van der Waals surface area (Å²) in [6, 6.07) is 5.84. The van der Waals surface area contributed by atoms with Crippen molar-refractivity contribution in [1.29, 1.82) is 0 Å². The van der Waals surface area contributed by atoms with E-state index in [9.17, 15) is 37.5 Å². The van der Waals surface area contributed by atoms with Gasteiger partial charge in [-0.25, -0.2) is 8.78 Å². The van der Waals surface area contributed by atoms with Crippen LogP contribution in [0.5, 0.6) is 0 Å². The van der Waals surface area contributed by atoms with Gasteiger partial charge in [-0.2, -0.15) is 0 Å². The van der Waals surface area contributed by atoms with Gasteiger partial charge in [0.2, 0.25) is 11.8 Å². The highest BCUT2D eigenvalue weighted by Crippen LogP contribution is 2.38. The van der Waals surface area contributed by atoms with Gasteiger partial charge in [0.1, 0.15) is 24.6 Å². The molecule has 1 aromatic heterocycles. The summed E-state index contributed by atoms with van der Waals surface area (Å²) in [5.74, 6) is -2.23. The largest absolute Gasteiger partial charge is 0.356 e. The number of nitrogens with zero attached hydrogens (tertiary/aromatic N) is 2. The lowest BCUT2D eigenvalue weighted by molar-refractivity contribution is -0.139. The summed E-state index contributed by atoms with van der Waals surface area (Å²) in [6.45, 7) is 4.02. The Bertz CT molecular complexity index is 1590. The number of Topliss-reactive ketones (excluding diaryl/α,β-unsaturated/α-hetero) is 1. The third kappa shape index (κ3) is 6.09. The predicted octanol–water partition coefficient (Wildman–Crippen LogP) is 3.82. The van der Waals surface area contributed by atoms with Crippen LogP contribution in [0.2, 0.25) is 5.02 Å². The van der Waals surface area contributed by atoms with E-state index in [1.165, 1.54) is 41.8 Å². The maximum absolute atomic E-state index is 14.6. The van der Waals surface area contributed by atoms with Gasteiger partial charge >= 0.3 is 7.60 Å². The number of carbonyl (C=O) groups excluding carboxylic acids is 3. The van der Waals surface area contributed by atoms with Crippen molar-refractivity contribution in [1.82, 2.24) is 14.8 Å². The van der Waals surface area contributed by atoms with Crippen molar-refractivity contribution in [3.8, 4) is 0 Å². The molecule has 2 amide bonds. The van der Waals surface area contributed by atoms with Crippen molar-refractivity contribution in [3.63, 3.8) is 0 Å². The van der Waals surface area contributed by atoms with E-state index < -0.39 is 37.4 Å². The summed E-state index contributed by atoms with van der Waals surface area (Å²) in [6.07, 6.45) is -1.02. The van der Waals surface area contributed by atoms with Crippen molar-refractivity contribution < 1.29 is 37.5 Å². The molecule has 0 aliphatic carbocycles. The molecule has 9 nitrogen and oxygen atoms in total. The number of fused-ring (bicyclic) bond motifs is 1. The summed E-state index contributed by atoms with van der Waals surface area (Å²) in [5, 5.41) is 2.70. The van der Waals surface area contributed by atoms with Crippen LogP contribution in [0, 0.1) is 5.82 Å². The highest BCUT2D eigenvalue weighted by molar-refractivity contribution is 7.60. The zero-order valence-electron chi connectivity index (χ0n) is 22.8. The number of hydrogen-bond donors (Lipinski definition) is 3. The number of hydrogen-bond acceptors (Lipinski definition) is 4. The number of aryl methyl sites for hydroxylation is 1. The molecule has 2 atom stereocenters. The maximum Gasteiger partial charge on any atom is 0.356 e. The first-order valence-electron chi connectivity index (χ1n) is 13.2.